The summed E-state index contributed by atoms with van der Waals surface area (Å²) in [5, 5.41) is 2.21. The van der Waals surface area contributed by atoms with Gasteiger partial charge in [0.05, 0.1) is 11.4 Å². The van der Waals surface area contributed by atoms with Crippen LogP contribution >= 0.6 is 0 Å². The van der Waals surface area contributed by atoms with Gasteiger partial charge in [0.25, 0.3) is 0 Å². The molecule has 0 saturated carbocycles. The van der Waals surface area contributed by atoms with Gasteiger partial charge >= 0.3 is 0 Å². The highest BCUT2D eigenvalue weighted by Crippen LogP contribution is 2.35. The summed E-state index contributed by atoms with van der Waals surface area (Å²) < 4.78 is 28.0. The fourth-order valence-corrected chi connectivity index (χ4v) is 4.76. The van der Waals surface area contributed by atoms with Crippen LogP contribution < -0.4 is 4.72 Å². The second-order valence-electron chi connectivity index (χ2n) is 6.46. The Bertz CT molecular complexity index is 1030. The van der Waals surface area contributed by atoms with Gasteiger partial charge in [0, 0.05) is 5.39 Å². The molecule has 122 valence electrons. The maximum atomic E-state index is 12.6. The first-order valence-electron chi connectivity index (χ1n) is 8.11. The predicted octanol–water partition coefficient (Wildman–Crippen LogP) is 4.19. The van der Waals surface area contributed by atoms with E-state index >= 15 is 0 Å². The number of rotatable bonds is 4. The van der Waals surface area contributed by atoms with Crippen LogP contribution in [0.4, 0.5) is 5.69 Å². The van der Waals surface area contributed by atoms with Crippen LogP contribution in [-0.4, -0.2) is 8.42 Å². The normalized spacial score (nSPS) is 13.4. The third-order valence-electron chi connectivity index (χ3n) is 4.58. The molecule has 0 aromatic heterocycles. The van der Waals surface area contributed by atoms with Gasteiger partial charge in [-0.1, -0.05) is 54.1 Å². The number of hydrogen-bond donors (Lipinski definition) is 1. The van der Waals surface area contributed by atoms with E-state index in [1.807, 2.05) is 55.5 Å². The molecular weight excluding hydrogens is 318 g/mol. The number of hydrogen-bond acceptors (Lipinski definition) is 2. The molecule has 3 nitrogen and oxygen atoms in total. The summed E-state index contributed by atoms with van der Waals surface area (Å²) in [5.41, 5.74) is 5.15. The number of nitrogens with one attached hydrogen (secondary N) is 1. The lowest BCUT2D eigenvalue weighted by Crippen LogP contribution is -2.15. The van der Waals surface area contributed by atoms with Gasteiger partial charge in [0.15, 0.2) is 0 Å². The monoisotopic (exact) mass is 337 g/mol. The van der Waals surface area contributed by atoms with Crippen molar-refractivity contribution >= 4 is 26.5 Å². The van der Waals surface area contributed by atoms with Crippen LogP contribution in [0.1, 0.15) is 22.3 Å². The zero-order valence-corrected chi connectivity index (χ0v) is 14.4. The van der Waals surface area contributed by atoms with E-state index in [-0.39, 0.29) is 5.75 Å². The molecule has 0 amide bonds. The summed E-state index contributed by atoms with van der Waals surface area (Å²) in [6.45, 7) is 1.97. The maximum absolute atomic E-state index is 12.6. The van der Waals surface area contributed by atoms with E-state index in [4.69, 9.17) is 0 Å². The Kier molecular flexibility index (Phi) is 3.57. The molecule has 3 aromatic carbocycles. The molecule has 0 spiro atoms. The number of sulfonamides is 1. The van der Waals surface area contributed by atoms with E-state index < -0.39 is 10.0 Å². The molecule has 0 bridgehead atoms. The van der Waals surface area contributed by atoms with Crippen LogP contribution in [0.15, 0.2) is 54.6 Å². The predicted molar refractivity (Wildman–Crippen MR) is 98.8 cm³/mol. The Morgan fingerprint density at radius 3 is 2.50 bits per heavy atom. The molecule has 1 aliphatic carbocycles. The van der Waals surface area contributed by atoms with Gasteiger partial charge in [0.1, 0.15) is 0 Å². The lowest BCUT2D eigenvalue weighted by molar-refractivity contribution is 0.600. The van der Waals surface area contributed by atoms with E-state index in [0.29, 0.717) is 5.69 Å². The van der Waals surface area contributed by atoms with Crippen LogP contribution in [0.2, 0.25) is 0 Å². The molecule has 24 heavy (non-hydrogen) atoms. The van der Waals surface area contributed by atoms with Crippen LogP contribution in [0, 0.1) is 6.92 Å². The molecule has 1 N–H and O–H groups in total. The van der Waals surface area contributed by atoms with E-state index in [1.165, 1.54) is 16.5 Å². The first kappa shape index (κ1) is 15.2. The minimum atomic E-state index is -3.45. The molecule has 0 radical (unpaired) electrons. The van der Waals surface area contributed by atoms with Crippen molar-refractivity contribution in [2.24, 2.45) is 0 Å². The Balaban J connectivity index is 1.69. The SMILES string of the molecule is Cc1cccc(CS(=O)(=O)Nc2ccc3c4c(cccc24)CC3)c1. The highest BCUT2D eigenvalue weighted by molar-refractivity contribution is 7.91. The molecule has 4 heteroatoms. The molecule has 0 fully saturated rings. The largest absolute Gasteiger partial charge is 0.283 e. The van der Waals surface area contributed by atoms with Gasteiger partial charge in [-0.05, 0) is 47.9 Å². The van der Waals surface area contributed by atoms with Gasteiger partial charge in [0.2, 0.25) is 10.0 Å². The Morgan fingerprint density at radius 1 is 0.958 bits per heavy atom. The van der Waals surface area contributed by atoms with Crippen LogP contribution in [-0.2, 0) is 28.6 Å². The van der Waals surface area contributed by atoms with Crippen molar-refractivity contribution in [2.75, 3.05) is 4.72 Å². The van der Waals surface area contributed by atoms with Gasteiger partial charge in [-0.2, -0.15) is 0 Å². The van der Waals surface area contributed by atoms with Crippen molar-refractivity contribution in [2.45, 2.75) is 25.5 Å². The van der Waals surface area contributed by atoms with Gasteiger partial charge in [-0.15, -0.1) is 0 Å². The summed E-state index contributed by atoms with van der Waals surface area (Å²) in [5.74, 6) is -0.0163. The number of benzene rings is 3. The minimum Gasteiger partial charge on any atom is -0.283 e. The fourth-order valence-electron chi connectivity index (χ4n) is 3.56. The zero-order valence-electron chi connectivity index (χ0n) is 13.5. The van der Waals surface area contributed by atoms with E-state index in [2.05, 4.69) is 10.8 Å². The quantitative estimate of drug-likeness (QED) is 0.776. The Labute approximate surface area is 142 Å². The number of anilines is 1. The number of aryl methyl sites for hydroxylation is 3. The van der Waals surface area contributed by atoms with E-state index in [0.717, 1.165) is 29.4 Å². The third-order valence-corrected chi connectivity index (χ3v) is 5.83. The molecule has 4 rings (SSSR count). The molecular formula is C20H19NO2S. The highest BCUT2D eigenvalue weighted by atomic mass is 32.2. The topological polar surface area (TPSA) is 46.2 Å². The molecule has 0 unspecified atom stereocenters. The van der Waals surface area contributed by atoms with Crippen molar-refractivity contribution in [3.05, 3.63) is 76.9 Å². The van der Waals surface area contributed by atoms with Crippen molar-refractivity contribution < 1.29 is 8.42 Å². The van der Waals surface area contributed by atoms with Gasteiger partial charge in [-0.3, -0.25) is 4.72 Å². The Morgan fingerprint density at radius 2 is 1.71 bits per heavy atom. The van der Waals surface area contributed by atoms with Crippen LogP contribution in [0.25, 0.3) is 10.8 Å². The van der Waals surface area contributed by atoms with Gasteiger partial charge in [-0.25, -0.2) is 8.42 Å². The maximum Gasteiger partial charge on any atom is 0.236 e. The fraction of sp³-hybridized carbons (Fsp3) is 0.200. The second-order valence-corrected chi connectivity index (χ2v) is 8.18. The lowest BCUT2D eigenvalue weighted by atomic mass is 10.0. The molecule has 0 saturated heterocycles. The van der Waals surface area contributed by atoms with Crippen molar-refractivity contribution in [3.8, 4) is 0 Å². The second kappa shape index (κ2) is 5.64. The minimum absolute atomic E-state index is 0.0163. The average molecular weight is 337 g/mol. The summed E-state index contributed by atoms with van der Waals surface area (Å²) in [6, 6.07) is 17.7. The first-order chi connectivity index (χ1) is 11.5. The van der Waals surface area contributed by atoms with E-state index in [1.54, 1.807) is 0 Å². The standard InChI is InChI=1S/C20H19NO2S/c1-14-4-2-5-15(12-14)13-24(22,23)21-19-11-10-17-9-8-16-6-3-7-18(19)20(16)17/h2-7,10-12,21H,8-9,13H2,1H3. The highest BCUT2D eigenvalue weighted by Gasteiger charge is 2.18. The summed E-state index contributed by atoms with van der Waals surface area (Å²) in [6.07, 6.45) is 2.07. The summed E-state index contributed by atoms with van der Waals surface area (Å²) in [4.78, 5) is 0. The van der Waals surface area contributed by atoms with E-state index in [9.17, 15) is 8.42 Å². The molecule has 3 aromatic rings. The third kappa shape index (κ3) is 2.78. The van der Waals surface area contributed by atoms with Crippen molar-refractivity contribution in [3.63, 3.8) is 0 Å². The first-order valence-corrected chi connectivity index (χ1v) is 9.77. The average Bonchev–Trinajstić information content (AvgIpc) is 2.94. The van der Waals surface area contributed by atoms with Crippen LogP contribution in [0.5, 0.6) is 0 Å². The zero-order chi connectivity index (χ0) is 16.7. The summed E-state index contributed by atoms with van der Waals surface area (Å²) in [7, 11) is -3.45. The summed E-state index contributed by atoms with van der Waals surface area (Å²) >= 11 is 0. The van der Waals surface area contributed by atoms with Crippen LogP contribution in [0.3, 0.4) is 0 Å². The molecule has 0 heterocycles. The van der Waals surface area contributed by atoms with Crippen molar-refractivity contribution in [1.29, 1.82) is 0 Å². The molecule has 0 aliphatic heterocycles. The van der Waals surface area contributed by atoms with Crippen molar-refractivity contribution in [1.82, 2.24) is 0 Å². The molecule has 0 atom stereocenters. The smallest absolute Gasteiger partial charge is 0.236 e. The lowest BCUT2D eigenvalue weighted by Gasteiger charge is -2.12. The van der Waals surface area contributed by atoms with Gasteiger partial charge < -0.3 is 0 Å². The Hall–Kier alpha value is -2.33. The molecule has 1 aliphatic rings.